The number of nitrogens with zero attached hydrogens (tertiary/aromatic N) is 2. The lowest BCUT2D eigenvalue weighted by Crippen LogP contribution is -2.36. The van der Waals surface area contributed by atoms with Gasteiger partial charge in [0.25, 0.3) is 0 Å². The predicted molar refractivity (Wildman–Crippen MR) is 125 cm³/mol. The number of amides is 2. The molecule has 0 aliphatic rings. The van der Waals surface area contributed by atoms with Crippen LogP contribution in [0.4, 0.5) is 23.7 Å². The number of aromatic nitrogens is 1. The van der Waals surface area contributed by atoms with Crippen LogP contribution in [0.5, 0.6) is 0 Å². The minimum absolute atomic E-state index is 0.255. The van der Waals surface area contributed by atoms with Crippen LogP contribution in [0.15, 0.2) is 54.7 Å². The second-order valence-corrected chi connectivity index (χ2v) is 8.22. The van der Waals surface area contributed by atoms with Crippen molar-refractivity contribution in [3.63, 3.8) is 0 Å². The van der Waals surface area contributed by atoms with Crippen molar-refractivity contribution in [2.75, 3.05) is 11.9 Å². The van der Waals surface area contributed by atoms with Gasteiger partial charge < -0.3 is 14.8 Å². The van der Waals surface area contributed by atoms with E-state index in [0.717, 1.165) is 49.0 Å². The van der Waals surface area contributed by atoms with E-state index in [1.54, 1.807) is 0 Å². The molecule has 0 aliphatic carbocycles. The van der Waals surface area contributed by atoms with Crippen molar-refractivity contribution in [1.29, 1.82) is 0 Å². The monoisotopic (exact) mass is 457 g/mol. The molecule has 176 valence electrons. The Balaban J connectivity index is 1.80. The normalized spacial score (nSPS) is 10.9. The van der Waals surface area contributed by atoms with E-state index in [-0.39, 0.29) is 6.54 Å². The molecule has 0 fully saturated rings. The number of carbonyl (C=O) groups excluding carboxylic acids is 1. The highest BCUT2D eigenvalue weighted by Crippen LogP contribution is 2.22. The summed E-state index contributed by atoms with van der Waals surface area (Å²) in [5.74, 6) is -3.33. The van der Waals surface area contributed by atoms with E-state index in [4.69, 9.17) is 0 Å². The molecule has 0 spiro atoms. The van der Waals surface area contributed by atoms with Gasteiger partial charge >= 0.3 is 6.03 Å². The van der Waals surface area contributed by atoms with Gasteiger partial charge in [-0.15, -0.1) is 0 Å². The SMILES string of the molecule is CCCCCCCN(Cc1cccn1-c1cccc(C)c1)C(=O)Nc1c(F)cc(F)cc1F. The number of carbonyl (C=O) groups is 1. The van der Waals surface area contributed by atoms with Crippen molar-refractivity contribution in [3.05, 3.63) is 83.4 Å². The van der Waals surface area contributed by atoms with Crippen molar-refractivity contribution in [2.24, 2.45) is 0 Å². The highest BCUT2D eigenvalue weighted by atomic mass is 19.1. The fourth-order valence-electron chi connectivity index (χ4n) is 3.78. The fourth-order valence-corrected chi connectivity index (χ4v) is 3.78. The molecule has 3 rings (SSSR count). The zero-order valence-corrected chi connectivity index (χ0v) is 19.1. The lowest BCUT2D eigenvalue weighted by atomic mass is 10.1. The molecule has 0 aliphatic heterocycles. The lowest BCUT2D eigenvalue weighted by molar-refractivity contribution is 0.206. The highest BCUT2D eigenvalue weighted by Gasteiger charge is 2.20. The molecule has 0 unspecified atom stereocenters. The van der Waals surface area contributed by atoms with Crippen LogP contribution in [-0.2, 0) is 6.54 Å². The van der Waals surface area contributed by atoms with Crippen molar-refractivity contribution >= 4 is 11.7 Å². The fraction of sp³-hybridized carbons (Fsp3) is 0.346. The van der Waals surface area contributed by atoms with Gasteiger partial charge in [0, 0.05) is 36.3 Å². The van der Waals surface area contributed by atoms with Crippen LogP contribution < -0.4 is 5.32 Å². The van der Waals surface area contributed by atoms with Crippen molar-refractivity contribution in [3.8, 4) is 5.69 Å². The number of urea groups is 1. The minimum atomic E-state index is -1.15. The number of anilines is 1. The van der Waals surface area contributed by atoms with Gasteiger partial charge in [-0.1, -0.05) is 44.7 Å². The van der Waals surface area contributed by atoms with E-state index < -0.39 is 29.2 Å². The van der Waals surface area contributed by atoms with Gasteiger partial charge in [-0.05, 0) is 43.2 Å². The summed E-state index contributed by atoms with van der Waals surface area (Å²) in [5.41, 5.74) is 2.30. The quantitative estimate of drug-likeness (QED) is 0.321. The van der Waals surface area contributed by atoms with E-state index in [2.05, 4.69) is 12.2 Å². The first-order chi connectivity index (χ1) is 15.9. The zero-order chi connectivity index (χ0) is 23.8. The Morgan fingerprint density at radius 3 is 2.39 bits per heavy atom. The Hall–Kier alpha value is -3.22. The summed E-state index contributed by atoms with van der Waals surface area (Å²) in [6.07, 6.45) is 6.93. The van der Waals surface area contributed by atoms with E-state index in [1.165, 1.54) is 4.90 Å². The van der Waals surface area contributed by atoms with Crippen LogP contribution in [0.3, 0.4) is 0 Å². The molecule has 2 amide bonds. The molecule has 7 heteroatoms. The third kappa shape index (κ3) is 6.63. The summed E-state index contributed by atoms with van der Waals surface area (Å²) >= 11 is 0. The number of aryl methyl sites for hydroxylation is 1. The van der Waals surface area contributed by atoms with Crippen LogP contribution in [0, 0.1) is 24.4 Å². The second-order valence-electron chi connectivity index (χ2n) is 8.22. The average molecular weight is 458 g/mol. The molecule has 3 aromatic rings. The Labute approximate surface area is 193 Å². The molecule has 0 atom stereocenters. The standard InChI is InChI=1S/C26H30F3N3O/c1-3-4-5-6-7-13-31(26(33)30-25-23(28)16-20(27)17-24(25)29)18-22-12-9-14-32(22)21-11-8-10-19(2)15-21/h8-12,14-17H,3-7,13,18H2,1-2H3,(H,30,33). The third-order valence-corrected chi connectivity index (χ3v) is 5.52. The van der Waals surface area contributed by atoms with Gasteiger partial charge in [0.15, 0.2) is 11.6 Å². The molecule has 33 heavy (non-hydrogen) atoms. The molecule has 0 radical (unpaired) electrons. The number of hydrogen-bond acceptors (Lipinski definition) is 1. The first-order valence-corrected chi connectivity index (χ1v) is 11.3. The van der Waals surface area contributed by atoms with Crippen LogP contribution in [-0.4, -0.2) is 22.0 Å². The van der Waals surface area contributed by atoms with Gasteiger partial charge in [0.1, 0.15) is 11.5 Å². The van der Waals surface area contributed by atoms with Crippen LogP contribution in [0.25, 0.3) is 5.69 Å². The second kappa shape index (κ2) is 11.6. The number of unbranched alkanes of at least 4 members (excludes halogenated alkanes) is 4. The number of nitrogens with one attached hydrogen (secondary N) is 1. The molecule has 1 heterocycles. The largest absolute Gasteiger partial charge is 0.322 e. The third-order valence-electron chi connectivity index (χ3n) is 5.52. The average Bonchev–Trinajstić information content (AvgIpc) is 3.23. The van der Waals surface area contributed by atoms with E-state index in [1.807, 2.05) is 54.1 Å². The maximum Gasteiger partial charge on any atom is 0.322 e. The van der Waals surface area contributed by atoms with Crippen LogP contribution in [0.2, 0.25) is 0 Å². The summed E-state index contributed by atoms with van der Waals surface area (Å²) in [5, 5.41) is 2.30. The Kier molecular flexibility index (Phi) is 8.58. The summed E-state index contributed by atoms with van der Waals surface area (Å²) < 4.78 is 43.5. The van der Waals surface area contributed by atoms with Gasteiger partial charge in [0.2, 0.25) is 0 Å². The maximum absolute atomic E-state index is 14.1. The number of halogens is 3. The highest BCUT2D eigenvalue weighted by molar-refractivity contribution is 5.89. The predicted octanol–water partition coefficient (Wildman–Crippen LogP) is 7.21. The molecule has 0 saturated carbocycles. The first-order valence-electron chi connectivity index (χ1n) is 11.3. The summed E-state index contributed by atoms with van der Waals surface area (Å²) in [4.78, 5) is 14.6. The first kappa shape index (κ1) is 24.4. The Morgan fingerprint density at radius 1 is 0.970 bits per heavy atom. The van der Waals surface area contributed by atoms with Gasteiger partial charge in [-0.3, -0.25) is 0 Å². The molecule has 0 saturated heterocycles. The van der Waals surface area contributed by atoms with Crippen LogP contribution >= 0.6 is 0 Å². The Morgan fingerprint density at radius 2 is 1.70 bits per heavy atom. The molecular weight excluding hydrogens is 427 g/mol. The van der Waals surface area contributed by atoms with Gasteiger partial charge in [-0.2, -0.15) is 0 Å². The number of benzene rings is 2. The molecule has 0 bridgehead atoms. The van der Waals surface area contributed by atoms with Crippen molar-refractivity contribution in [1.82, 2.24) is 9.47 Å². The number of hydrogen-bond donors (Lipinski definition) is 1. The molecule has 4 nitrogen and oxygen atoms in total. The number of rotatable bonds is 10. The molecule has 2 aromatic carbocycles. The summed E-state index contributed by atoms with van der Waals surface area (Å²) in [6.45, 7) is 4.82. The Bertz CT molecular complexity index is 1060. The van der Waals surface area contributed by atoms with E-state index >= 15 is 0 Å². The van der Waals surface area contributed by atoms with E-state index in [9.17, 15) is 18.0 Å². The van der Waals surface area contributed by atoms with Crippen molar-refractivity contribution in [2.45, 2.75) is 52.5 Å². The lowest BCUT2D eigenvalue weighted by Gasteiger charge is -2.24. The van der Waals surface area contributed by atoms with Gasteiger partial charge in [-0.25, -0.2) is 18.0 Å². The summed E-state index contributed by atoms with van der Waals surface area (Å²) in [7, 11) is 0. The smallest absolute Gasteiger partial charge is 0.319 e. The van der Waals surface area contributed by atoms with Gasteiger partial charge in [0.05, 0.1) is 6.54 Å². The molecule has 1 aromatic heterocycles. The van der Waals surface area contributed by atoms with Crippen LogP contribution in [0.1, 0.15) is 50.3 Å². The molecule has 1 N–H and O–H groups in total. The zero-order valence-electron chi connectivity index (χ0n) is 19.1. The van der Waals surface area contributed by atoms with Crippen molar-refractivity contribution < 1.29 is 18.0 Å². The summed E-state index contributed by atoms with van der Waals surface area (Å²) in [6, 6.07) is 12.3. The minimum Gasteiger partial charge on any atom is -0.319 e. The van der Waals surface area contributed by atoms with E-state index in [0.29, 0.717) is 18.7 Å². The topological polar surface area (TPSA) is 37.3 Å². The maximum atomic E-state index is 14.1. The molecular formula is C26H30F3N3O.